The second kappa shape index (κ2) is 4.54. The first-order chi connectivity index (χ1) is 7.93. The third kappa shape index (κ3) is 2.61. The maximum absolute atomic E-state index is 12.0. The number of halogens is 1. The minimum Gasteiger partial charge on any atom is -0.311 e. The Kier molecular flexibility index (Phi) is 3.41. The van der Waals surface area contributed by atoms with Crippen molar-refractivity contribution >= 4 is 35.8 Å². The summed E-state index contributed by atoms with van der Waals surface area (Å²) < 4.78 is 0. The van der Waals surface area contributed by atoms with Crippen molar-refractivity contribution in [3.63, 3.8) is 0 Å². The van der Waals surface area contributed by atoms with E-state index in [-0.39, 0.29) is 11.3 Å². The van der Waals surface area contributed by atoms with Gasteiger partial charge in [-0.3, -0.25) is 4.79 Å². The van der Waals surface area contributed by atoms with E-state index in [2.05, 4.69) is 26.5 Å². The van der Waals surface area contributed by atoms with Gasteiger partial charge in [0.25, 0.3) is 0 Å². The summed E-state index contributed by atoms with van der Waals surface area (Å²) in [6.45, 7) is 4.90. The predicted octanol–water partition coefficient (Wildman–Crippen LogP) is 3.19. The van der Waals surface area contributed by atoms with Gasteiger partial charge in [0.2, 0.25) is 5.91 Å². The molecule has 0 aromatic heterocycles. The van der Waals surface area contributed by atoms with E-state index < -0.39 is 0 Å². The summed E-state index contributed by atoms with van der Waals surface area (Å²) >= 11 is 10.3. The Morgan fingerprint density at radius 3 is 2.82 bits per heavy atom. The SMILES string of the molecule is CC(C)(CS)CN1C(=O)Cc2ccc(Cl)cc21. The molecule has 1 heterocycles. The Morgan fingerprint density at radius 1 is 1.47 bits per heavy atom. The van der Waals surface area contributed by atoms with Gasteiger partial charge in [-0.2, -0.15) is 12.6 Å². The standard InChI is InChI=1S/C13H16ClNOS/c1-13(2,8-17)7-15-11-6-10(14)4-3-9(11)5-12(15)16/h3-4,6,17H,5,7-8H2,1-2H3. The predicted molar refractivity (Wildman–Crippen MR) is 75.1 cm³/mol. The van der Waals surface area contributed by atoms with Crippen LogP contribution in [0.4, 0.5) is 5.69 Å². The maximum atomic E-state index is 12.0. The summed E-state index contributed by atoms with van der Waals surface area (Å²) in [5.74, 6) is 0.893. The molecule has 0 bridgehead atoms. The molecule has 1 amide bonds. The first-order valence-corrected chi connectivity index (χ1v) is 6.64. The van der Waals surface area contributed by atoms with Crippen molar-refractivity contribution in [2.75, 3.05) is 17.2 Å². The third-order valence-corrected chi connectivity index (χ3v) is 4.09. The van der Waals surface area contributed by atoms with Crippen LogP contribution in [0.3, 0.4) is 0 Å². The lowest BCUT2D eigenvalue weighted by Gasteiger charge is -2.29. The van der Waals surface area contributed by atoms with E-state index in [4.69, 9.17) is 11.6 Å². The Morgan fingerprint density at radius 2 is 2.18 bits per heavy atom. The minimum absolute atomic E-state index is 0.00268. The fourth-order valence-electron chi connectivity index (χ4n) is 1.98. The van der Waals surface area contributed by atoms with Crippen molar-refractivity contribution in [3.8, 4) is 0 Å². The Bertz CT molecular complexity index is 459. The van der Waals surface area contributed by atoms with Gasteiger partial charge in [-0.25, -0.2) is 0 Å². The van der Waals surface area contributed by atoms with Gasteiger partial charge in [-0.05, 0) is 28.9 Å². The molecule has 1 aliphatic rings. The van der Waals surface area contributed by atoms with Gasteiger partial charge >= 0.3 is 0 Å². The molecule has 4 heteroatoms. The Hall–Kier alpha value is -0.670. The zero-order valence-electron chi connectivity index (χ0n) is 10.0. The third-order valence-electron chi connectivity index (χ3n) is 3.00. The monoisotopic (exact) mass is 269 g/mol. The van der Waals surface area contributed by atoms with Gasteiger partial charge in [0.15, 0.2) is 0 Å². The van der Waals surface area contributed by atoms with Crippen molar-refractivity contribution in [1.29, 1.82) is 0 Å². The fraction of sp³-hybridized carbons (Fsp3) is 0.462. The summed E-state index contributed by atoms with van der Waals surface area (Å²) in [6, 6.07) is 5.64. The molecule has 0 atom stereocenters. The van der Waals surface area contributed by atoms with Gasteiger partial charge in [-0.1, -0.05) is 31.5 Å². The van der Waals surface area contributed by atoms with Crippen LogP contribution in [-0.4, -0.2) is 18.2 Å². The van der Waals surface area contributed by atoms with Crippen molar-refractivity contribution in [2.24, 2.45) is 5.41 Å². The van der Waals surface area contributed by atoms with E-state index in [0.29, 0.717) is 18.0 Å². The maximum Gasteiger partial charge on any atom is 0.231 e. The first-order valence-electron chi connectivity index (χ1n) is 5.63. The van der Waals surface area contributed by atoms with Gasteiger partial charge in [0, 0.05) is 17.3 Å². The molecular weight excluding hydrogens is 254 g/mol. The minimum atomic E-state index is 0.00268. The van der Waals surface area contributed by atoms with Crippen LogP contribution in [0, 0.1) is 5.41 Å². The Labute approximate surface area is 112 Å². The molecule has 92 valence electrons. The van der Waals surface area contributed by atoms with Gasteiger partial charge in [0.05, 0.1) is 6.42 Å². The van der Waals surface area contributed by atoms with E-state index in [1.165, 1.54) is 0 Å². The number of hydrogen-bond donors (Lipinski definition) is 1. The van der Waals surface area contributed by atoms with E-state index in [1.807, 2.05) is 23.1 Å². The zero-order valence-corrected chi connectivity index (χ0v) is 11.7. The van der Waals surface area contributed by atoms with Crippen molar-refractivity contribution in [2.45, 2.75) is 20.3 Å². The van der Waals surface area contributed by atoms with E-state index in [9.17, 15) is 4.79 Å². The molecule has 0 saturated heterocycles. The molecule has 2 nitrogen and oxygen atoms in total. The van der Waals surface area contributed by atoms with Crippen molar-refractivity contribution in [3.05, 3.63) is 28.8 Å². The van der Waals surface area contributed by atoms with Gasteiger partial charge in [0.1, 0.15) is 0 Å². The molecule has 0 N–H and O–H groups in total. The van der Waals surface area contributed by atoms with Crippen LogP contribution >= 0.6 is 24.2 Å². The molecule has 1 aromatic rings. The molecule has 1 aromatic carbocycles. The van der Waals surface area contributed by atoms with Crippen molar-refractivity contribution < 1.29 is 4.79 Å². The lowest BCUT2D eigenvalue weighted by molar-refractivity contribution is -0.117. The normalized spacial score (nSPS) is 15.3. The average molecular weight is 270 g/mol. The molecule has 0 aliphatic carbocycles. The van der Waals surface area contributed by atoms with Crippen LogP contribution < -0.4 is 4.90 Å². The second-order valence-electron chi connectivity index (χ2n) is 5.25. The highest BCUT2D eigenvalue weighted by Crippen LogP contribution is 2.34. The topological polar surface area (TPSA) is 20.3 Å². The smallest absolute Gasteiger partial charge is 0.231 e. The lowest BCUT2D eigenvalue weighted by atomic mass is 9.95. The van der Waals surface area contributed by atoms with Gasteiger partial charge < -0.3 is 4.90 Å². The number of fused-ring (bicyclic) bond motifs is 1. The van der Waals surface area contributed by atoms with Gasteiger partial charge in [-0.15, -0.1) is 0 Å². The average Bonchev–Trinajstić information content (AvgIpc) is 2.56. The summed E-state index contributed by atoms with van der Waals surface area (Å²) in [7, 11) is 0. The van der Waals surface area contributed by atoms with Crippen LogP contribution in [0.1, 0.15) is 19.4 Å². The highest BCUT2D eigenvalue weighted by atomic mass is 35.5. The Balaban J connectivity index is 2.31. The van der Waals surface area contributed by atoms with Crippen LogP contribution in [0.5, 0.6) is 0 Å². The number of anilines is 1. The largest absolute Gasteiger partial charge is 0.311 e. The summed E-state index contributed by atoms with van der Waals surface area (Å²) in [5.41, 5.74) is 2.02. The number of thiol groups is 1. The fourth-order valence-corrected chi connectivity index (χ4v) is 2.25. The van der Waals surface area contributed by atoms with Crippen molar-refractivity contribution in [1.82, 2.24) is 0 Å². The number of benzene rings is 1. The van der Waals surface area contributed by atoms with Crippen LogP contribution in [0.15, 0.2) is 18.2 Å². The number of nitrogens with zero attached hydrogens (tertiary/aromatic N) is 1. The molecule has 0 radical (unpaired) electrons. The van der Waals surface area contributed by atoms with E-state index >= 15 is 0 Å². The number of amides is 1. The molecular formula is C13H16ClNOS. The first kappa shape index (κ1) is 12.8. The second-order valence-corrected chi connectivity index (χ2v) is 6.00. The molecule has 2 rings (SSSR count). The van der Waals surface area contributed by atoms with Crippen LogP contribution in [-0.2, 0) is 11.2 Å². The highest BCUT2D eigenvalue weighted by Gasteiger charge is 2.31. The summed E-state index contributed by atoms with van der Waals surface area (Å²) in [6.07, 6.45) is 0.481. The molecule has 0 saturated carbocycles. The summed E-state index contributed by atoms with van der Waals surface area (Å²) in [4.78, 5) is 13.8. The van der Waals surface area contributed by atoms with Crippen LogP contribution in [0.2, 0.25) is 5.02 Å². The molecule has 0 spiro atoms. The molecule has 0 unspecified atom stereocenters. The molecule has 1 aliphatic heterocycles. The number of carbonyl (C=O) groups excluding carboxylic acids is 1. The lowest BCUT2D eigenvalue weighted by Crippen LogP contribution is -2.37. The highest BCUT2D eigenvalue weighted by molar-refractivity contribution is 7.80. The zero-order chi connectivity index (χ0) is 12.6. The van der Waals surface area contributed by atoms with Crippen LogP contribution in [0.25, 0.3) is 0 Å². The quantitative estimate of drug-likeness (QED) is 0.836. The van der Waals surface area contributed by atoms with E-state index in [0.717, 1.165) is 17.0 Å². The number of carbonyl (C=O) groups is 1. The molecule has 17 heavy (non-hydrogen) atoms. The summed E-state index contributed by atoms with van der Waals surface area (Å²) in [5, 5.41) is 0.673. The number of rotatable bonds is 3. The number of hydrogen-bond acceptors (Lipinski definition) is 2. The molecule has 0 fully saturated rings. The van der Waals surface area contributed by atoms with E-state index in [1.54, 1.807) is 0 Å².